The number of ether oxygens (including phenoxy) is 1. The van der Waals surface area contributed by atoms with Gasteiger partial charge in [-0.15, -0.1) is 0 Å². The molecule has 0 radical (unpaired) electrons. The Balaban J connectivity index is 2.34. The van der Waals surface area contributed by atoms with Crippen molar-refractivity contribution >= 4 is 11.0 Å². The first-order valence-corrected chi connectivity index (χ1v) is 8.06. The highest BCUT2D eigenvalue weighted by Crippen LogP contribution is 2.26. The van der Waals surface area contributed by atoms with Gasteiger partial charge in [0, 0.05) is 17.5 Å². The van der Waals surface area contributed by atoms with Gasteiger partial charge in [0.1, 0.15) is 17.1 Å². The SMILES string of the molecule is CCC(CC)COc1ccc2c(=O)cc(C(C)(C)C)oc2c1. The molecule has 2 aromatic rings. The van der Waals surface area contributed by atoms with E-state index >= 15 is 0 Å². The second-order valence-corrected chi connectivity index (χ2v) is 6.88. The molecule has 0 aliphatic carbocycles. The van der Waals surface area contributed by atoms with Crippen molar-refractivity contribution in [1.82, 2.24) is 0 Å². The lowest BCUT2D eigenvalue weighted by molar-refractivity contribution is 0.240. The molecule has 1 aromatic heterocycles. The van der Waals surface area contributed by atoms with Gasteiger partial charge in [0.15, 0.2) is 5.43 Å². The van der Waals surface area contributed by atoms with Crippen LogP contribution in [0.5, 0.6) is 5.75 Å². The van der Waals surface area contributed by atoms with Gasteiger partial charge >= 0.3 is 0 Å². The van der Waals surface area contributed by atoms with Gasteiger partial charge in [0.25, 0.3) is 0 Å². The molecule has 0 aliphatic heterocycles. The summed E-state index contributed by atoms with van der Waals surface area (Å²) in [7, 11) is 0. The summed E-state index contributed by atoms with van der Waals surface area (Å²) in [5, 5.41) is 0.600. The largest absolute Gasteiger partial charge is 0.493 e. The van der Waals surface area contributed by atoms with E-state index in [1.807, 2.05) is 32.9 Å². The summed E-state index contributed by atoms with van der Waals surface area (Å²) in [5.41, 5.74) is 0.400. The third-order valence-corrected chi connectivity index (χ3v) is 4.08. The second-order valence-electron chi connectivity index (χ2n) is 6.88. The van der Waals surface area contributed by atoms with Crippen molar-refractivity contribution in [3.63, 3.8) is 0 Å². The Morgan fingerprint density at radius 3 is 2.41 bits per heavy atom. The smallest absolute Gasteiger partial charge is 0.192 e. The Labute approximate surface area is 132 Å². The third-order valence-electron chi connectivity index (χ3n) is 4.08. The Kier molecular flexibility index (Phi) is 4.94. The van der Waals surface area contributed by atoms with Crippen LogP contribution in [0.2, 0.25) is 0 Å². The van der Waals surface area contributed by atoms with Crippen molar-refractivity contribution in [3.8, 4) is 5.75 Å². The molecule has 1 aromatic carbocycles. The fraction of sp³-hybridized carbons (Fsp3) is 0.526. The standard InChI is InChI=1S/C19H26O3/c1-6-13(7-2)12-21-14-8-9-15-16(20)11-18(19(3,4)5)22-17(15)10-14/h8-11,13H,6-7,12H2,1-5H3. The van der Waals surface area contributed by atoms with Gasteiger partial charge in [0.05, 0.1) is 12.0 Å². The van der Waals surface area contributed by atoms with Gasteiger partial charge in [-0.1, -0.05) is 47.5 Å². The Morgan fingerprint density at radius 2 is 1.82 bits per heavy atom. The van der Waals surface area contributed by atoms with E-state index in [9.17, 15) is 4.79 Å². The van der Waals surface area contributed by atoms with E-state index in [4.69, 9.17) is 9.15 Å². The van der Waals surface area contributed by atoms with E-state index in [2.05, 4.69) is 13.8 Å². The molecule has 0 spiro atoms. The van der Waals surface area contributed by atoms with Crippen LogP contribution in [-0.2, 0) is 5.41 Å². The lowest BCUT2D eigenvalue weighted by atomic mass is 9.92. The van der Waals surface area contributed by atoms with Crippen LogP contribution in [0.3, 0.4) is 0 Å². The van der Waals surface area contributed by atoms with E-state index in [0.717, 1.165) is 18.6 Å². The van der Waals surface area contributed by atoms with Gasteiger partial charge < -0.3 is 9.15 Å². The zero-order chi connectivity index (χ0) is 16.3. The predicted octanol–water partition coefficient (Wildman–Crippen LogP) is 4.91. The quantitative estimate of drug-likeness (QED) is 0.788. The average molecular weight is 302 g/mol. The summed E-state index contributed by atoms with van der Waals surface area (Å²) in [4.78, 5) is 12.2. The summed E-state index contributed by atoms with van der Waals surface area (Å²) in [6.45, 7) is 11.1. The Bertz CT molecular complexity index is 688. The van der Waals surface area contributed by atoms with Crippen molar-refractivity contribution in [2.45, 2.75) is 52.9 Å². The van der Waals surface area contributed by atoms with Crippen LogP contribution in [0.15, 0.2) is 33.5 Å². The Morgan fingerprint density at radius 1 is 1.14 bits per heavy atom. The van der Waals surface area contributed by atoms with Gasteiger partial charge in [-0.3, -0.25) is 4.79 Å². The van der Waals surface area contributed by atoms with Crippen LogP contribution in [0, 0.1) is 5.92 Å². The molecule has 0 aliphatic rings. The third kappa shape index (κ3) is 3.70. The summed E-state index contributed by atoms with van der Waals surface area (Å²) >= 11 is 0. The molecule has 3 nitrogen and oxygen atoms in total. The van der Waals surface area contributed by atoms with Crippen LogP contribution in [0.25, 0.3) is 11.0 Å². The zero-order valence-corrected chi connectivity index (χ0v) is 14.2. The molecule has 120 valence electrons. The van der Waals surface area contributed by atoms with Crippen molar-refractivity contribution in [3.05, 3.63) is 40.2 Å². The molecule has 0 unspecified atom stereocenters. The summed E-state index contributed by atoms with van der Waals surface area (Å²) in [6.07, 6.45) is 2.21. The molecule has 0 saturated carbocycles. The van der Waals surface area contributed by atoms with Crippen molar-refractivity contribution in [1.29, 1.82) is 0 Å². The number of fused-ring (bicyclic) bond motifs is 1. The number of hydrogen-bond acceptors (Lipinski definition) is 3. The predicted molar refractivity (Wildman–Crippen MR) is 90.8 cm³/mol. The van der Waals surface area contributed by atoms with Crippen LogP contribution < -0.4 is 10.2 Å². The van der Waals surface area contributed by atoms with Crippen LogP contribution in [0.4, 0.5) is 0 Å². The van der Waals surface area contributed by atoms with Crippen molar-refractivity contribution in [2.75, 3.05) is 6.61 Å². The maximum absolute atomic E-state index is 12.2. The highest BCUT2D eigenvalue weighted by atomic mass is 16.5. The van der Waals surface area contributed by atoms with Gasteiger partial charge in [-0.25, -0.2) is 0 Å². The Hall–Kier alpha value is -1.77. The van der Waals surface area contributed by atoms with Crippen molar-refractivity contribution in [2.24, 2.45) is 5.92 Å². The molecule has 0 bridgehead atoms. The average Bonchev–Trinajstić information content (AvgIpc) is 2.47. The number of hydrogen-bond donors (Lipinski definition) is 0. The topological polar surface area (TPSA) is 39.4 Å². The molecular weight excluding hydrogens is 276 g/mol. The molecule has 22 heavy (non-hydrogen) atoms. The minimum Gasteiger partial charge on any atom is -0.493 e. The highest BCUT2D eigenvalue weighted by molar-refractivity contribution is 5.78. The van der Waals surface area contributed by atoms with E-state index in [0.29, 0.717) is 29.3 Å². The second kappa shape index (κ2) is 6.55. The lowest BCUT2D eigenvalue weighted by Crippen LogP contribution is -2.15. The van der Waals surface area contributed by atoms with E-state index in [1.165, 1.54) is 0 Å². The first-order chi connectivity index (χ1) is 10.3. The maximum atomic E-state index is 12.2. The van der Waals surface area contributed by atoms with Gasteiger partial charge in [-0.05, 0) is 18.1 Å². The number of benzene rings is 1. The van der Waals surface area contributed by atoms with Crippen LogP contribution in [0.1, 0.15) is 53.2 Å². The molecule has 0 saturated heterocycles. The fourth-order valence-corrected chi connectivity index (χ4v) is 2.33. The number of rotatable bonds is 5. The zero-order valence-electron chi connectivity index (χ0n) is 14.2. The highest BCUT2D eigenvalue weighted by Gasteiger charge is 2.19. The minimum atomic E-state index is -0.195. The molecule has 0 atom stereocenters. The first kappa shape index (κ1) is 16.6. The molecule has 3 heteroatoms. The maximum Gasteiger partial charge on any atom is 0.192 e. The van der Waals surface area contributed by atoms with E-state index < -0.39 is 0 Å². The summed E-state index contributed by atoms with van der Waals surface area (Å²) in [5.74, 6) is 2.01. The molecule has 0 N–H and O–H groups in total. The van der Waals surface area contributed by atoms with Gasteiger partial charge in [-0.2, -0.15) is 0 Å². The van der Waals surface area contributed by atoms with E-state index in [1.54, 1.807) is 12.1 Å². The summed E-state index contributed by atoms with van der Waals surface area (Å²) < 4.78 is 11.8. The summed E-state index contributed by atoms with van der Waals surface area (Å²) in [6, 6.07) is 7.05. The van der Waals surface area contributed by atoms with Crippen LogP contribution >= 0.6 is 0 Å². The van der Waals surface area contributed by atoms with Crippen LogP contribution in [-0.4, -0.2) is 6.61 Å². The first-order valence-electron chi connectivity index (χ1n) is 8.06. The monoisotopic (exact) mass is 302 g/mol. The molecule has 0 amide bonds. The molecular formula is C19H26O3. The molecule has 0 fully saturated rings. The normalized spacial score (nSPS) is 12.1. The minimum absolute atomic E-state index is 0.00211. The van der Waals surface area contributed by atoms with Gasteiger partial charge in [0.2, 0.25) is 0 Å². The molecule has 1 heterocycles. The lowest BCUT2D eigenvalue weighted by Gasteiger charge is -2.17. The van der Waals surface area contributed by atoms with Crippen molar-refractivity contribution < 1.29 is 9.15 Å². The molecule has 2 rings (SSSR count). The van der Waals surface area contributed by atoms with E-state index in [-0.39, 0.29) is 10.8 Å². The fourth-order valence-electron chi connectivity index (χ4n) is 2.33.